The van der Waals surface area contributed by atoms with E-state index < -0.39 is 0 Å². The SMILES string of the molecule is CC[C@@H]1CCCN1C(=O)[C@H](C)CS. The number of nitrogens with zero attached hydrogens (tertiary/aromatic N) is 1. The Kier molecular flexibility index (Phi) is 4.10. The lowest BCUT2D eigenvalue weighted by atomic mass is 10.1. The summed E-state index contributed by atoms with van der Waals surface area (Å²) in [5, 5.41) is 0. The Labute approximate surface area is 86.1 Å². The molecule has 76 valence electrons. The molecule has 0 radical (unpaired) electrons. The minimum atomic E-state index is 0.0792. The van der Waals surface area contributed by atoms with Crippen LogP contribution in [-0.4, -0.2) is 29.1 Å². The average Bonchev–Trinajstić information content (AvgIpc) is 2.62. The molecule has 1 rings (SSSR count). The van der Waals surface area contributed by atoms with Crippen molar-refractivity contribution in [3.63, 3.8) is 0 Å². The van der Waals surface area contributed by atoms with Crippen molar-refractivity contribution < 1.29 is 4.79 Å². The molecule has 0 spiro atoms. The molecule has 1 saturated heterocycles. The third kappa shape index (κ3) is 2.39. The topological polar surface area (TPSA) is 20.3 Å². The highest BCUT2D eigenvalue weighted by atomic mass is 32.1. The first kappa shape index (κ1) is 10.9. The smallest absolute Gasteiger partial charge is 0.226 e. The van der Waals surface area contributed by atoms with Gasteiger partial charge in [-0.25, -0.2) is 0 Å². The van der Waals surface area contributed by atoms with Crippen LogP contribution in [0.5, 0.6) is 0 Å². The molecule has 0 saturated carbocycles. The number of likely N-dealkylation sites (tertiary alicyclic amines) is 1. The summed E-state index contributed by atoms with van der Waals surface area (Å²) in [6.45, 7) is 5.07. The number of hydrogen-bond donors (Lipinski definition) is 1. The Morgan fingerprint density at radius 3 is 2.92 bits per heavy atom. The number of carbonyl (C=O) groups excluding carboxylic acids is 1. The maximum Gasteiger partial charge on any atom is 0.226 e. The van der Waals surface area contributed by atoms with E-state index >= 15 is 0 Å². The molecule has 1 amide bonds. The van der Waals surface area contributed by atoms with Crippen LogP contribution in [0.2, 0.25) is 0 Å². The van der Waals surface area contributed by atoms with E-state index in [1.807, 2.05) is 11.8 Å². The summed E-state index contributed by atoms with van der Waals surface area (Å²) in [5.74, 6) is 1.03. The van der Waals surface area contributed by atoms with Crippen LogP contribution in [0.25, 0.3) is 0 Å². The third-order valence-electron chi connectivity index (χ3n) is 2.83. The lowest BCUT2D eigenvalue weighted by molar-refractivity contribution is -0.135. The van der Waals surface area contributed by atoms with E-state index in [4.69, 9.17) is 0 Å². The standard InChI is InChI=1S/C10H19NOS/c1-3-9-5-4-6-11(9)10(12)8(2)7-13/h8-9,13H,3-7H2,1-2H3/t8-,9-/m1/s1. The lowest BCUT2D eigenvalue weighted by Crippen LogP contribution is -2.39. The van der Waals surface area contributed by atoms with Gasteiger partial charge < -0.3 is 4.90 Å². The van der Waals surface area contributed by atoms with Gasteiger partial charge in [-0.3, -0.25) is 4.79 Å². The summed E-state index contributed by atoms with van der Waals surface area (Å²) in [6, 6.07) is 0.495. The second-order valence-corrected chi connectivity index (χ2v) is 4.18. The molecular weight excluding hydrogens is 182 g/mol. The average molecular weight is 201 g/mol. The molecule has 0 aliphatic carbocycles. The van der Waals surface area contributed by atoms with Crippen molar-refractivity contribution in [3.05, 3.63) is 0 Å². The second kappa shape index (κ2) is 4.89. The molecule has 2 nitrogen and oxygen atoms in total. The van der Waals surface area contributed by atoms with Gasteiger partial charge in [-0.2, -0.15) is 12.6 Å². The van der Waals surface area contributed by atoms with Gasteiger partial charge in [-0.15, -0.1) is 0 Å². The molecule has 0 aromatic rings. The molecule has 2 atom stereocenters. The van der Waals surface area contributed by atoms with Crippen LogP contribution in [0.15, 0.2) is 0 Å². The fourth-order valence-electron chi connectivity index (χ4n) is 1.91. The van der Waals surface area contributed by atoms with E-state index in [1.165, 1.54) is 12.8 Å². The molecule has 0 unspecified atom stereocenters. The van der Waals surface area contributed by atoms with E-state index in [0.717, 1.165) is 13.0 Å². The van der Waals surface area contributed by atoms with Gasteiger partial charge in [-0.05, 0) is 19.3 Å². The van der Waals surface area contributed by atoms with Crippen LogP contribution in [0.1, 0.15) is 33.1 Å². The van der Waals surface area contributed by atoms with Gasteiger partial charge in [-0.1, -0.05) is 13.8 Å². The van der Waals surface area contributed by atoms with Gasteiger partial charge in [0.05, 0.1) is 0 Å². The number of hydrogen-bond acceptors (Lipinski definition) is 2. The minimum Gasteiger partial charge on any atom is -0.339 e. The molecule has 1 aliphatic rings. The molecular formula is C10H19NOS. The summed E-state index contributed by atoms with van der Waals surface area (Å²) in [7, 11) is 0. The van der Waals surface area contributed by atoms with Crippen LogP contribution < -0.4 is 0 Å². The normalized spacial score (nSPS) is 24.8. The Balaban J connectivity index is 2.54. The summed E-state index contributed by atoms with van der Waals surface area (Å²) in [5.41, 5.74) is 0. The van der Waals surface area contributed by atoms with Crippen molar-refractivity contribution in [1.82, 2.24) is 4.90 Å². The molecule has 0 bridgehead atoms. The Bertz CT molecular complexity index is 184. The second-order valence-electron chi connectivity index (χ2n) is 3.82. The number of rotatable bonds is 3. The minimum absolute atomic E-state index is 0.0792. The molecule has 0 N–H and O–H groups in total. The summed E-state index contributed by atoms with van der Waals surface area (Å²) < 4.78 is 0. The number of carbonyl (C=O) groups is 1. The van der Waals surface area contributed by atoms with E-state index in [0.29, 0.717) is 17.7 Å². The van der Waals surface area contributed by atoms with E-state index in [-0.39, 0.29) is 5.92 Å². The van der Waals surface area contributed by atoms with Gasteiger partial charge >= 0.3 is 0 Å². The zero-order valence-electron chi connectivity index (χ0n) is 8.49. The Hall–Kier alpha value is -0.180. The molecule has 0 aromatic heterocycles. The van der Waals surface area contributed by atoms with E-state index in [1.54, 1.807) is 0 Å². The first-order valence-electron chi connectivity index (χ1n) is 5.12. The van der Waals surface area contributed by atoms with Gasteiger partial charge in [0.15, 0.2) is 0 Å². The predicted molar refractivity (Wildman–Crippen MR) is 58.0 cm³/mol. The van der Waals surface area contributed by atoms with Gasteiger partial charge in [0.2, 0.25) is 5.91 Å². The van der Waals surface area contributed by atoms with Crippen LogP contribution in [0.3, 0.4) is 0 Å². The monoisotopic (exact) mass is 201 g/mol. The summed E-state index contributed by atoms with van der Waals surface area (Å²) in [6.07, 6.45) is 3.44. The molecule has 13 heavy (non-hydrogen) atoms. The van der Waals surface area contributed by atoms with Gasteiger partial charge in [0, 0.05) is 24.3 Å². The highest BCUT2D eigenvalue weighted by molar-refractivity contribution is 7.80. The van der Waals surface area contributed by atoms with Crippen molar-refractivity contribution in [2.75, 3.05) is 12.3 Å². The number of amides is 1. The highest BCUT2D eigenvalue weighted by Gasteiger charge is 2.29. The first-order chi connectivity index (χ1) is 6.20. The van der Waals surface area contributed by atoms with Crippen LogP contribution in [0.4, 0.5) is 0 Å². The largest absolute Gasteiger partial charge is 0.339 e. The van der Waals surface area contributed by atoms with Gasteiger partial charge in [0.25, 0.3) is 0 Å². The van der Waals surface area contributed by atoms with Crippen LogP contribution >= 0.6 is 12.6 Å². The van der Waals surface area contributed by atoms with Crippen LogP contribution in [0, 0.1) is 5.92 Å². The zero-order chi connectivity index (χ0) is 9.84. The fourth-order valence-corrected chi connectivity index (χ4v) is 2.07. The quantitative estimate of drug-likeness (QED) is 0.692. The van der Waals surface area contributed by atoms with E-state index in [2.05, 4.69) is 19.6 Å². The zero-order valence-corrected chi connectivity index (χ0v) is 9.39. The summed E-state index contributed by atoms with van der Waals surface area (Å²) in [4.78, 5) is 13.9. The maximum atomic E-state index is 11.8. The first-order valence-corrected chi connectivity index (χ1v) is 5.75. The molecule has 1 heterocycles. The fraction of sp³-hybridized carbons (Fsp3) is 0.900. The van der Waals surface area contributed by atoms with Crippen molar-refractivity contribution in [1.29, 1.82) is 0 Å². The molecule has 1 fully saturated rings. The van der Waals surface area contributed by atoms with Crippen molar-refractivity contribution >= 4 is 18.5 Å². The van der Waals surface area contributed by atoms with Gasteiger partial charge in [0.1, 0.15) is 0 Å². The van der Waals surface area contributed by atoms with E-state index in [9.17, 15) is 4.79 Å². The summed E-state index contributed by atoms with van der Waals surface area (Å²) >= 11 is 4.16. The highest BCUT2D eigenvalue weighted by Crippen LogP contribution is 2.22. The Morgan fingerprint density at radius 1 is 1.69 bits per heavy atom. The maximum absolute atomic E-state index is 11.8. The molecule has 3 heteroatoms. The molecule has 0 aromatic carbocycles. The molecule has 1 aliphatic heterocycles. The van der Waals surface area contributed by atoms with Crippen LogP contribution in [-0.2, 0) is 4.79 Å². The predicted octanol–water partition coefficient (Wildman–Crippen LogP) is 1.95. The Morgan fingerprint density at radius 2 is 2.38 bits per heavy atom. The van der Waals surface area contributed by atoms with Crippen molar-refractivity contribution in [2.45, 2.75) is 39.2 Å². The third-order valence-corrected chi connectivity index (χ3v) is 3.37. The number of thiol groups is 1. The van der Waals surface area contributed by atoms with Crippen molar-refractivity contribution in [3.8, 4) is 0 Å². The lowest BCUT2D eigenvalue weighted by Gasteiger charge is -2.26. The van der Waals surface area contributed by atoms with Crippen molar-refractivity contribution in [2.24, 2.45) is 5.92 Å².